The Morgan fingerprint density at radius 2 is 1.62 bits per heavy atom. The lowest BCUT2D eigenvalue weighted by Crippen LogP contribution is -2.29. The molecular formula is C13H24. The van der Waals surface area contributed by atoms with E-state index in [1.165, 1.54) is 12.8 Å². The van der Waals surface area contributed by atoms with Crippen molar-refractivity contribution in [2.45, 2.75) is 47.0 Å². The van der Waals surface area contributed by atoms with E-state index in [1.807, 2.05) is 0 Å². The van der Waals surface area contributed by atoms with E-state index in [4.69, 9.17) is 0 Å². The van der Waals surface area contributed by atoms with Gasteiger partial charge in [0.15, 0.2) is 0 Å². The Balaban J connectivity index is 2.10. The van der Waals surface area contributed by atoms with E-state index in [1.54, 1.807) is 6.42 Å². The highest BCUT2D eigenvalue weighted by Crippen LogP contribution is 2.57. The molecule has 0 aromatic carbocycles. The monoisotopic (exact) mass is 180 g/mol. The maximum atomic E-state index is 2.43. The molecule has 0 aromatic heterocycles. The van der Waals surface area contributed by atoms with E-state index in [0.29, 0.717) is 0 Å². The summed E-state index contributed by atoms with van der Waals surface area (Å²) in [7, 11) is 0. The molecule has 0 N–H and O–H groups in total. The minimum Gasteiger partial charge on any atom is -0.0625 e. The van der Waals surface area contributed by atoms with Gasteiger partial charge in [-0.05, 0) is 54.8 Å². The molecule has 2 aliphatic carbocycles. The number of fused-ring (bicyclic) bond motifs is 1. The summed E-state index contributed by atoms with van der Waals surface area (Å²) in [5.74, 6) is 6.17. The van der Waals surface area contributed by atoms with Gasteiger partial charge in [-0.2, -0.15) is 0 Å². The molecule has 0 heterocycles. The van der Waals surface area contributed by atoms with E-state index < -0.39 is 0 Å². The fourth-order valence-electron chi connectivity index (χ4n) is 3.92. The smallest absolute Gasteiger partial charge is 0.0329 e. The molecule has 2 fully saturated rings. The Labute approximate surface area is 83.1 Å². The van der Waals surface area contributed by atoms with E-state index in [2.05, 4.69) is 27.7 Å². The average Bonchev–Trinajstić information content (AvgIpc) is 2.23. The highest BCUT2D eigenvalue weighted by Gasteiger charge is 2.49. The first-order valence-corrected chi connectivity index (χ1v) is 6.11. The lowest BCUT2D eigenvalue weighted by atomic mass is 9.68. The van der Waals surface area contributed by atoms with E-state index in [-0.39, 0.29) is 0 Å². The molecule has 0 radical (unpaired) electrons. The topological polar surface area (TPSA) is 0 Å². The second kappa shape index (κ2) is 3.29. The third-order valence-corrected chi connectivity index (χ3v) is 4.67. The van der Waals surface area contributed by atoms with Gasteiger partial charge in [0, 0.05) is 0 Å². The van der Waals surface area contributed by atoms with Crippen LogP contribution in [-0.4, -0.2) is 0 Å². The zero-order valence-corrected chi connectivity index (χ0v) is 9.59. The predicted molar refractivity (Wildman–Crippen MR) is 57.5 cm³/mol. The molecule has 0 nitrogen and oxygen atoms in total. The van der Waals surface area contributed by atoms with Crippen molar-refractivity contribution in [2.24, 2.45) is 35.5 Å². The van der Waals surface area contributed by atoms with Crippen LogP contribution in [0, 0.1) is 35.5 Å². The molecule has 0 spiro atoms. The normalized spacial score (nSPS) is 43.8. The first-order chi connectivity index (χ1) is 6.11. The Morgan fingerprint density at radius 1 is 0.923 bits per heavy atom. The SMILES string of the molecule is CC(C)C1CC2CCC2C1C(C)C. The Hall–Kier alpha value is 0. The Kier molecular flexibility index (Phi) is 2.42. The second-order valence-electron chi connectivity index (χ2n) is 5.97. The lowest BCUT2D eigenvalue weighted by Gasteiger charge is -2.37. The van der Waals surface area contributed by atoms with E-state index in [9.17, 15) is 0 Å². The van der Waals surface area contributed by atoms with Gasteiger partial charge in [-0.3, -0.25) is 0 Å². The van der Waals surface area contributed by atoms with Gasteiger partial charge in [0.1, 0.15) is 0 Å². The molecule has 76 valence electrons. The summed E-state index contributed by atoms with van der Waals surface area (Å²) in [6.45, 7) is 9.71. The molecule has 0 heteroatoms. The van der Waals surface area contributed by atoms with Crippen LogP contribution in [0.25, 0.3) is 0 Å². The summed E-state index contributed by atoms with van der Waals surface area (Å²) in [6.07, 6.45) is 4.62. The van der Waals surface area contributed by atoms with Gasteiger partial charge in [-0.25, -0.2) is 0 Å². The fourth-order valence-corrected chi connectivity index (χ4v) is 3.92. The summed E-state index contributed by atoms with van der Waals surface area (Å²) < 4.78 is 0. The molecule has 4 atom stereocenters. The summed E-state index contributed by atoms with van der Waals surface area (Å²) in [4.78, 5) is 0. The summed E-state index contributed by atoms with van der Waals surface area (Å²) in [5, 5.41) is 0. The first-order valence-electron chi connectivity index (χ1n) is 6.11. The molecule has 4 unspecified atom stereocenters. The maximum absolute atomic E-state index is 2.43. The molecule has 0 amide bonds. The van der Waals surface area contributed by atoms with Crippen molar-refractivity contribution in [3.8, 4) is 0 Å². The molecule has 2 saturated carbocycles. The Morgan fingerprint density at radius 3 is 2.00 bits per heavy atom. The molecule has 13 heavy (non-hydrogen) atoms. The van der Waals surface area contributed by atoms with Crippen LogP contribution < -0.4 is 0 Å². The van der Waals surface area contributed by atoms with Crippen LogP contribution in [0.4, 0.5) is 0 Å². The van der Waals surface area contributed by atoms with Crippen molar-refractivity contribution in [1.82, 2.24) is 0 Å². The fraction of sp³-hybridized carbons (Fsp3) is 1.00. The Bertz CT molecular complexity index is 180. The van der Waals surface area contributed by atoms with Crippen molar-refractivity contribution in [2.75, 3.05) is 0 Å². The third kappa shape index (κ3) is 1.43. The zero-order valence-electron chi connectivity index (χ0n) is 9.59. The van der Waals surface area contributed by atoms with Gasteiger partial charge in [0.2, 0.25) is 0 Å². The van der Waals surface area contributed by atoms with Crippen LogP contribution in [0.1, 0.15) is 47.0 Å². The highest BCUT2D eigenvalue weighted by molar-refractivity contribution is 4.98. The molecule has 2 aliphatic rings. The van der Waals surface area contributed by atoms with Crippen LogP contribution in [-0.2, 0) is 0 Å². The van der Waals surface area contributed by atoms with Crippen molar-refractivity contribution >= 4 is 0 Å². The lowest BCUT2D eigenvalue weighted by molar-refractivity contribution is 0.122. The molecule has 2 rings (SSSR count). The quantitative estimate of drug-likeness (QED) is 0.603. The zero-order chi connectivity index (χ0) is 9.59. The van der Waals surface area contributed by atoms with Crippen LogP contribution in [0.5, 0.6) is 0 Å². The minimum atomic E-state index is 0.915. The van der Waals surface area contributed by atoms with Crippen LogP contribution >= 0.6 is 0 Å². The van der Waals surface area contributed by atoms with Gasteiger partial charge in [-0.1, -0.05) is 27.7 Å². The predicted octanol–water partition coefficient (Wildman–Crippen LogP) is 3.96. The maximum Gasteiger partial charge on any atom is -0.0329 e. The number of hydrogen-bond donors (Lipinski definition) is 0. The summed E-state index contributed by atoms with van der Waals surface area (Å²) in [5.41, 5.74) is 0. The molecule has 0 aliphatic heterocycles. The number of hydrogen-bond acceptors (Lipinski definition) is 0. The summed E-state index contributed by atoms with van der Waals surface area (Å²) >= 11 is 0. The molecule has 0 saturated heterocycles. The van der Waals surface area contributed by atoms with Gasteiger partial charge in [0.25, 0.3) is 0 Å². The van der Waals surface area contributed by atoms with Crippen LogP contribution in [0.3, 0.4) is 0 Å². The second-order valence-corrected chi connectivity index (χ2v) is 5.97. The number of rotatable bonds is 2. The van der Waals surface area contributed by atoms with Gasteiger partial charge >= 0.3 is 0 Å². The van der Waals surface area contributed by atoms with Crippen molar-refractivity contribution < 1.29 is 0 Å². The first kappa shape index (κ1) is 9.55. The minimum absolute atomic E-state index is 0.915. The van der Waals surface area contributed by atoms with E-state index >= 15 is 0 Å². The van der Waals surface area contributed by atoms with Crippen LogP contribution in [0.15, 0.2) is 0 Å². The molecule has 0 bridgehead atoms. The van der Waals surface area contributed by atoms with Crippen molar-refractivity contribution in [3.05, 3.63) is 0 Å². The van der Waals surface area contributed by atoms with Gasteiger partial charge < -0.3 is 0 Å². The van der Waals surface area contributed by atoms with Crippen LogP contribution in [0.2, 0.25) is 0 Å². The van der Waals surface area contributed by atoms with Crippen molar-refractivity contribution in [3.63, 3.8) is 0 Å². The molecular weight excluding hydrogens is 156 g/mol. The van der Waals surface area contributed by atoms with Crippen molar-refractivity contribution in [1.29, 1.82) is 0 Å². The standard InChI is InChI=1S/C13H24/c1-8(2)12-7-10-5-6-11(10)13(12)9(3)4/h8-13H,5-7H2,1-4H3. The largest absolute Gasteiger partial charge is 0.0625 e. The van der Waals surface area contributed by atoms with E-state index in [0.717, 1.165) is 35.5 Å². The van der Waals surface area contributed by atoms with Gasteiger partial charge in [0.05, 0.1) is 0 Å². The van der Waals surface area contributed by atoms with Gasteiger partial charge in [-0.15, -0.1) is 0 Å². The third-order valence-electron chi connectivity index (χ3n) is 4.67. The highest BCUT2D eigenvalue weighted by atomic mass is 14.5. The molecule has 0 aromatic rings. The average molecular weight is 180 g/mol. The summed E-state index contributed by atoms with van der Waals surface area (Å²) in [6, 6.07) is 0.